The molecule has 0 spiro atoms. The standard InChI is InChI=1S/C21H17F4N3O2/c1-21(11-5-6-13(23)14(24)7-11)16(20(29)30-2)17(10-3-4-10)27-19(28-21)18-15(25)8-12(22)9-26-18/h5-10H,3-4H2,1-2H3,(H,27,28). The molecule has 2 aliphatic rings. The molecule has 1 unspecified atom stereocenters. The number of halogens is 4. The Morgan fingerprint density at radius 2 is 1.87 bits per heavy atom. The minimum absolute atomic E-state index is 0.0438. The smallest absolute Gasteiger partial charge is 0.338 e. The summed E-state index contributed by atoms with van der Waals surface area (Å²) in [5, 5.41) is 2.94. The number of nitrogens with one attached hydrogen (secondary N) is 1. The number of carbonyl (C=O) groups excluding carboxylic acids is 1. The highest BCUT2D eigenvalue weighted by Gasteiger charge is 2.46. The quantitative estimate of drug-likeness (QED) is 0.606. The Hall–Kier alpha value is -3.23. The molecular formula is C21H17F4N3O2. The van der Waals surface area contributed by atoms with Crippen LogP contribution < -0.4 is 5.32 Å². The second kappa shape index (κ2) is 7.23. The largest absolute Gasteiger partial charge is 0.466 e. The van der Waals surface area contributed by atoms with Crippen LogP contribution in [0.3, 0.4) is 0 Å². The number of pyridine rings is 1. The van der Waals surface area contributed by atoms with Crippen LogP contribution in [0.2, 0.25) is 0 Å². The summed E-state index contributed by atoms with van der Waals surface area (Å²) in [5.41, 5.74) is -1.05. The number of aliphatic imine (C=N–C) groups is 1. The van der Waals surface area contributed by atoms with Crippen LogP contribution in [-0.4, -0.2) is 23.9 Å². The summed E-state index contributed by atoms with van der Waals surface area (Å²) in [6.45, 7) is 1.52. The van der Waals surface area contributed by atoms with Gasteiger partial charge in [0, 0.05) is 11.8 Å². The Labute approximate surface area is 169 Å². The van der Waals surface area contributed by atoms with Crippen molar-refractivity contribution in [2.24, 2.45) is 10.9 Å². The minimum atomic E-state index is -1.53. The van der Waals surface area contributed by atoms with Gasteiger partial charge in [-0.2, -0.15) is 0 Å². The lowest BCUT2D eigenvalue weighted by Gasteiger charge is -2.35. The van der Waals surface area contributed by atoms with E-state index in [0.29, 0.717) is 11.8 Å². The van der Waals surface area contributed by atoms with E-state index in [4.69, 9.17) is 4.74 Å². The van der Waals surface area contributed by atoms with E-state index in [1.807, 2.05) is 0 Å². The predicted octanol–water partition coefficient (Wildman–Crippen LogP) is 3.74. The zero-order valence-corrected chi connectivity index (χ0v) is 16.1. The Morgan fingerprint density at radius 3 is 2.47 bits per heavy atom. The highest BCUT2D eigenvalue weighted by molar-refractivity contribution is 6.03. The number of aromatic nitrogens is 1. The summed E-state index contributed by atoms with van der Waals surface area (Å²) in [7, 11) is 1.20. The van der Waals surface area contributed by atoms with E-state index in [9.17, 15) is 22.4 Å². The van der Waals surface area contributed by atoms with Gasteiger partial charge >= 0.3 is 5.97 Å². The minimum Gasteiger partial charge on any atom is -0.466 e. The van der Waals surface area contributed by atoms with Crippen molar-refractivity contribution in [3.63, 3.8) is 0 Å². The molecule has 9 heteroatoms. The van der Waals surface area contributed by atoms with Gasteiger partial charge in [0.2, 0.25) is 0 Å². The number of hydrogen-bond donors (Lipinski definition) is 1. The highest BCUT2D eigenvalue weighted by Crippen LogP contribution is 2.46. The average Bonchev–Trinajstić information content (AvgIpc) is 3.54. The van der Waals surface area contributed by atoms with Crippen LogP contribution in [0.15, 0.2) is 46.7 Å². The average molecular weight is 419 g/mol. The van der Waals surface area contributed by atoms with Gasteiger partial charge in [0.25, 0.3) is 0 Å². The highest BCUT2D eigenvalue weighted by atomic mass is 19.2. The van der Waals surface area contributed by atoms with Crippen LogP contribution in [0.4, 0.5) is 17.6 Å². The van der Waals surface area contributed by atoms with Crippen molar-refractivity contribution in [1.29, 1.82) is 0 Å². The molecular weight excluding hydrogens is 402 g/mol. The molecule has 1 aliphatic carbocycles. The first-order valence-electron chi connectivity index (χ1n) is 9.21. The third kappa shape index (κ3) is 3.34. The number of benzene rings is 1. The second-order valence-electron chi connectivity index (χ2n) is 7.33. The van der Waals surface area contributed by atoms with E-state index in [1.54, 1.807) is 0 Å². The number of hydrogen-bond acceptors (Lipinski definition) is 5. The fraction of sp³-hybridized carbons (Fsp3) is 0.286. The van der Waals surface area contributed by atoms with Gasteiger partial charge in [-0.05, 0) is 43.4 Å². The number of rotatable bonds is 4. The Bertz CT molecular complexity index is 1110. The van der Waals surface area contributed by atoms with Crippen LogP contribution in [0.5, 0.6) is 0 Å². The number of esters is 1. The molecule has 1 aromatic carbocycles. The van der Waals surface area contributed by atoms with Crippen LogP contribution in [0.25, 0.3) is 0 Å². The number of amidine groups is 1. The molecule has 1 N–H and O–H groups in total. The first-order chi connectivity index (χ1) is 14.2. The maximum Gasteiger partial charge on any atom is 0.338 e. The normalized spacial score (nSPS) is 21.2. The molecule has 0 saturated heterocycles. The number of carbonyl (C=O) groups is 1. The van der Waals surface area contributed by atoms with Crippen molar-refractivity contribution in [3.8, 4) is 0 Å². The molecule has 0 bridgehead atoms. The molecule has 2 aromatic rings. The van der Waals surface area contributed by atoms with Crippen LogP contribution in [0, 0.1) is 29.2 Å². The monoisotopic (exact) mass is 419 g/mol. The van der Waals surface area contributed by atoms with Gasteiger partial charge in [0.05, 0.1) is 18.9 Å². The summed E-state index contributed by atoms with van der Waals surface area (Å²) < 4.78 is 60.3. The lowest BCUT2D eigenvalue weighted by molar-refractivity contribution is -0.137. The van der Waals surface area contributed by atoms with Gasteiger partial charge in [-0.15, -0.1) is 0 Å². The SMILES string of the molecule is COC(=O)C1=C(C2CC2)NC(c2ncc(F)cc2F)=NC1(C)c1ccc(F)c(F)c1. The summed E-state index contributed by atoms with van der Waals surface area (Å²) in [6.07, 6.45) is 2.38. The zero-order chi connectivity index (χ0) is 21.6. The van der Waals surface area contributed by atoms with Crippen LogP contribution in [0.1, 0.15) is 31.0 Å². The van der Waals surface area contributed by atoms with Crippen molar-refractivity contribution in [2.45, 2.75) is 25.3 Å². The van der Waals surface area contributed by atoms with Crippen molar-refractivity contribution >= 4 is 11.8 Å². The van der Waals surface area contributed by atoms with Crippen molar-refractivity contribution < 1.29 is 27.1 Å². The molecule has 1 fully saturated rings. The lowest BCUT2D eigenvalue weighted by atomic mass is 9.81. The molecule has 1 aromatic heterocycles. The third-order valence-electron chi connectivity index (χ3n) is 5.23. The number of methoxy groups -OCH3 is 1. The first kappa shape index (κ1) is 20.1. The van der Waals surface area contributed by atoms with E-state index in [1.165, 1.54) is 20.1 Å². The molecule has 1 aliphatic heterocycles. The number of ether oxygens (including phenoxy) is 1. The van der Waals surface area contributed by atoms with Crippen LogP contribution in [-0.2, 0) is 15.1 Å². The molecule has 30 heavy (non-hydrogen) atoms. The Balaban J connectivity index is 1.96. The van der Waals surface area contributed by atoms with Gasteiger partial charge in [-0.25, -0.2) is 32.3 Å². The van der Waals surface area contributed by atoms with E-state index >= 15 is 0 Å². The summed E-state index contributed by atoms with van der Waals surface area (Å²) >= 11 is 0. The van der Waals surface area contributed by atoms with E-state index < -0.39 is 34.8 Å². The fourth-order valence-corrected chi connectivity index (χ4v) is 3.56. The van der Waals surface area contributed by atoms with Gasteiger partial charge in [-0.1, -0.05) is 6.07 Å². The Morgan fingerprint density at radius 1 is 1.13 bits per heavy atom. The van der Waals surface area contributed by atoms with Crippen molar-refractivity contribution in [1.82, 2.24) is 10.3 Å². The van der Waals surface area contributed by atoms with Gasteiger partial charge < -0.3 is 10.1 Å². The number of nitrogens with zero attached hydrogens (tertiary/aromatic N) is 2. The third-order valence-corrected chi connectivity index (χ3v) is 5.23. The molecule has 2 heterocycles. The molecule has 0 radical (unpaired) electrons. The molecule has 0 amide bonds. The van der Waals surface area contributed by atoms with Crippen LogP contribution >= 0.6 is 0 Å². The molecule has 156 valence electrons. The molecule has 1 saturated carbocycles. The van der Waals surface area contributed by atoms with Gasteiger partial charge in [0.15, 0.2) is 23.3 Å². The maximum absolute atomic E-state index is 14.4. The molecule has 4 rings (SSSR count). The number of allylic oxidation sites excluding steroid dienone is 1. The van der Waals surface area contributed by atoms with E-state index in [2.05, 4.69) is 15.3 Å². The van der Waals surface area contributed by atoms with Crippen molar-refractivity contribution in [3.05, 3.63) is 76.3 Å². The fourth-order valence-electron chi connectivity index (χ4n) is 3.56. The maximum atomic E-state index is 14.4. The summed E-state index contributed by atoms with van der Waals surface area (Å²) in [5.74, 6) is -4.78. The van der Waals surface area contributed by atoms with Gasteiger partial charge in [-0.3, -0.25) is 0 Å². The first-order valence-corrected chi connectivity index (χ1v) is 9.21. The Kier molecular flexibility index (Phi) is 4.83. The van der Waals surface area contributed by atoms with E-state index in [-0.39, 0.29) is 28.6 Å². The topological polar surface area (TPSA) is 63.6 Å². The van der Waals surface area contributed by atoms with E-state index in [0.717, 1.165) is 31.2 Å². The molecule has 5 nitrogen and oxygen atoms in total. The predicted molar refractivity (Wildman–Crippen MR) is 99.3 cm³/mol. The summed E-state index contributed by atoms with van der Waals surface area (Å²) in [4.78, 5) is 20.9. The lowest BCUT2D eigenvalue weighted by Crippen LogP contribution is -2.42. The second-order valence-corrected chi connectivity index (χ2v) is 7.33. The molecule has 1 atom stereocenters. The van der Waals surface area contributed by atoms with Gasteiger partial charge in [0.1, 0.15) is 17.1 Å². The van der Waals surface area contributed by atoms with Crippen molar-refractivity contribution in [2.75, 3.05) is 7.11 Å². The zero-order valence-electron chi connectivity index (χ0n) is 16.1. The summed E-state index contributed by atoms with van der Waals surface area (Å²) in [6, 6.07) is 3.82.